The third-order valence-electron chi connectivity index (χ3n) is 5.41. The average molecular weight is 428 g/mol. The molecule has 3 N–H and O–H groups in total. The van der Waals surface area contributed by atoms with E-state index in [1.54, 1.807) is 42.6 Å². The number of pyridine rings is 1. The zero-order chi connectivity index (χ0) is 21.3. The summed E-state index contributed by atoms with van der Waals surface area (Å²) in [6.45, 7) is 0.405. The second-order valence-electron chi connectivity index (χ2n) is 7.52. The van der Waals surface area contributed by atoms with Crippen LogP contribution in [0.4, 0.5) is 4.39 Å². The maximum atomic E-state index is 13.9. The van der Waals surface area contributed by atoms with Crippen LogP contribution in [0.5, 0.6) is 0 Å². The van der Waals surface area contributed by atoms with E-state index in [1.165, 1.54) is 6.20 Å². The standard InChI is InChI=1S/C22H22FN3O3S/c23-21-13-25-12-16-2-1-14(9-19(16)21)10-22(27)20-11-18(20)15-3-5-17(6-4-15)30(28,29)26-8-7-24/h1-6,9,12-13,18,20,26H,7-8,10-11,24H2. The lowest BCUT2D eigenvalue weighted by atomic mass is 10.0. The normalized spacial score (nSPS) is 18.5. The van der Waals surface area contributed by atoms with Gasteiger partial charge in [0, 0.05) is 42.4 Å². The fourth-order valence-electron chi connectivity index (χ4n) is 3.71. The number of hydrogen-bond acceptors (Lipinski definition) is 5. The van der Waals surface area contributed by atoms with Crippen LogP contribution in [0.3, 0.4) is 0 Å². The lowest BCUT2D eigenvalue weighted by molar-refractivity contribution is -0.119. The zero-order valence-electron chi connectivity index (χ0n) is 16.2. The summed E-state index contributed by atoms with van der Waals surface area (Å²) < 4.78 is 40.6. The first kappa shape index (κ1) is 20.6. The summed E-state index contributed by atoms with van der Waals surface area (Å²) in [7, 11) is -3.57. The number of nitrogens with one attached hydrogen (secondary N) is 1. The van der Waals surface area contributed by atoms with E-state index in [1.807, 2.05) is 6.07 Å². The SMILES string of the molecule is NCCNS(=O)(=O)c1ccc(C2CC2C(=O)Cc2ccc3cncc(F)c3c2)cc1. The Bertz CT molecular complexity index is 1200. The van der Waals surface area contributed by atoms with Crippen molar-refractivity contribution in [2.45, 2.75) is 23.7 Å². The predicted octanol–water partition coefficient (Wildman–Crippen LogP) is 2.53. The number of rotatable bonds is 8. The monoisotopic (exact) mass is 427 g/mol. The second-order valence-corrected chi connectivity index (χ2v) is 9.29. The molecule has 1 saturated carbocycles. The van der Waals surface area contributed by atoms with Gasteiger partial charge < -0.3 is 5.73 Å². The molecule has 0 spiro atoms. The maximum Gasteiger partial charge on any atom is 0.240 e. The Morgan fingerprint density at radius 1 is 1.17 bits per heavy atom. The molecule has 8 heteroatoms. The van der Waals surface area contributed by atoms with Crippen molar-refractivity contribution in [2.75, 3.05) is 13.1 Å². The van der Waals surface area contributed by atoms with Gasteiger partial charge in [-0.05, 0) is 41.7 Å². The molecule has 0 saturated heterocycles. The van der Waals surface area contributed by atoms with Gasteiger partial charge in [0.1, 0.15) is 11.6 Å². The van der Waals surface area contributed by atoms with Crippen LogP contribution in [0.25, 0.3) is 10.8 Å². The van der Waals surface area contributed by atoms with Crippen molar-refractivity contribution in [3.63, 3.8) is 0 Å². The molecule has 6 nitrogen and oxygen atoms in total. The number of aromatic nitrogens is 1. The third-order valence-corrected chi connectivity index (χ3v) is 6.89. The maximum absolute atomic E-state index is 13.9. The molecule has 4 rings (SSSR count). The van der Waals surface area contributed by atoms with Crippen LogP contribution in [0.1, 0.15) is 23.5 Å². The second kappa shape index (κ2) is 8.22. The molecular formula is C22H22FN3O3S. The molecule has 1 fully saturated rings. The van der Waals surface area contributed by atoms with Crippen LogP contribution >= 0.6 is 0 Å². The molecule has 3 aromatic rings. The fraction of sp³-hybridized carbons (Fsp3) is 0.273. The van der Waals surface area contributed by atoms with Crippen molar-refractivity contribution < 1.29 is 17.6 Å². The number of halogens is 1. The number of benzene rings is 2. The highest BCUT2D eigenvalue weighted by Crippen LogP contribution is 2.48. The van der Waals surface area contributed by atoms with Crippen molar-refractivity contribution in [1.29, 1.82) is 0 Å². The van der Waals surface area contributed by atoms with Gasteiger partial charge in [-0.3, -0.25) is 9.78 Å². The number of carbonyl (C=O) groups excluding carboxylic acids is 1. The largest absolute Gasteiger partial charge is 0.329 e. The average Bonchev–Trinajstić information content (AvgIpc) is 3.54. The van der Waals surface area contributed by atoms with Crippen molar-refractivity contribution in [3.05, 3.63) is 71.8 Å². The molecule has 2 atom stereocenters. The molecule has 2 aromatic carbocycles. The van der Waals surface area contributed by atoms with E-state index in [0.717, 1.165) is 17.5 Å². The number of sulfonamides is 1. The zero-order valence-corrected chi connectivity index (χ0v) is 17.0. The van der Waals surface area contributed by atoms with Gasteiger partial charge >= 0.3 is 0 Å². The molecule has 156 valence electrons. The van der Waals surface area contributed by atoms with Crippen molar-refractivity contribution in [2.24, 2.45) is 11.7 Å². The van der Waals surface area contributed by atoms with E-state index in [4.69, 9.17) is 5.73 Å². The minimum atomic E-state index is -3.57. The number of hydrogen-bond donors (Lipinski definition) is 2. The summed E-state index contributed by atoms with van der Waals surface area (Å²) in [6.07, 6.45) is 3.74. The molecule has 2 unspecified atom stereocenters. The Labute approximate surface area is 174 Å². The number of nitrogens with two attached hydrogens (primary N) is 1. The molecule has 0 bridgehead atoms. The predicted molar refractivity (Wildman–Crippen MR) is 112 cm³/mol. The van der Waals surface area contributed by atoms with E-state index in [9.17, 15) is 17.6 Å². The molecular weight excluding hydrogens is 405 g/mol. The lowest BCUT2D eigenvalue weighted by Gasteiger charge is -2.07. The summed E-state index contributed by atoms with van der Waals surface area (Å²) in [5.74, 6) is -0.300. The Morgan fingerprint density at radius 3 is 2.67 bits per heavy atom. The first-order valence-corrected chi connectivity index (χ1v) is 11.2. The van der Waals surface area contributed by atoms with Crippen LogP contribution < -0.4 is 10.5 Å². The minimum Gasteiger partial charge on any atom is -0.329 e. The minimum absolute atomic E-state index is 0.0904. The van der Waals surface area contributed by atoms with E-state index in [0.29, 0.717) is 10.8 Å². The Balaban J connectivity index is 1.42. The van der Waals surface area contributed by atoms with Crippen molar-refractivity contribution in [1.82, 2.24) is 9.71 Å². The van der Waals surface area contributed by atoms with Gasteiger partial charge in [-0.2, -0.15) is 0 Å². The summed E-state index contributed by atoms with van der Waals surface area (Å²) >= 11 is 0. The van der Waals surface area contributed by atoms with Gasteiger partial charge in [0.15, 0.2) is 0 Å². The number of carbonyl (C=O) groups is 1. The quantitative estimate of drug-likeness (QED) is 0.575. The Hall–Kier alpha value is -2.68. The smallest absolute Gasteiger partial charge is 0.240 e. The number of ketones is 1. The van der Waals surface area contributed by atoms with Crippen LogP contribution in [-0.4, -0.2) is 32.3 Å². The summed E-state index contributed by atoms with van der Waals surface area (Å²) in [5.41, 5.74) is 7.06. The van der Waals surface area contributed by atoms with Gasteiger partial charge in [0.05, 0.1) is 11.1 Å². The van der Waals surface area contributed by atoms with E-state index < -0.39 is 15.8 Å². The number of Topliss-reactive ketones (excluding diaryl/α,β-unsaturated/α-hetero) is 1. The van der Waals surface area contributed by atoms with Crippen LogP contribution in [0, 0.1) is 11.7 Å². The van der Waals surface area contributed by atoms with Crippen LogP contribution in [0.15, 0.2) is 59.8 Å². The Morgan fingerprint density at radius 2 is 1.93 bits per heavy atom. The highest BCUT2D eigenvalue weighted by atomic mass is 32.2. The van der Waals surface area contributed by atoms with Gasteiger partial charge in [-0.1, -0.05) is 24.3 Å². The summed E-state index contributed by atoms with van der Waals surface area (Å²) in [6, 6.07) is 11.9. The lowest BCUT2D eigenvalue weighted by Crippen LogP contribution is -2.29. The molecule has 1 heterocycles. The van der Waals surface area contributed by atoms with E-state index in [2.05, 4.69) is 9.71 Å². The summed E-state index contributed by atoms with van der Waals surface area (Å²) in [5, 5.41) is 1.16. The molecule has 1 aliphatic carbocycles. The van der Waals surface area contributed by atoms with Gasteiger partial charge in [0.25, 0.3) is 0 Å². The molecule has 1 aromatic heterocycles. The van der Waals surface area contributed by atoms with Gasteiger partial charge in [-0.25, -0.2) is 17.5 Å². The Kier molecular flexibility index (Phi) is 5.64. The topological polar surface area (TPSA) is 102 Å². The van der Waals surface area contributed by atoms with Gasteiger partial charge in [-0.15, -0.1) is 0 Å². The van der Waals surface area contributed by atoms with Crippen LogP contribution in [0.2, 0.25) is 0 Å². The van der Waals surface area contributed by atoms with Gasteiger partial charge in [0.2, 0.25) is 10.0 Å². The highest BCUT2D eigenvalue weighted by Gasteiger charge is 2.43. The first-order valence-electron chi connectivity index (χ1n) is 9.73. The first-order chi connectivity index (χ1) is 14.4. The fourth-order valence-corrected chi connectivity index (χ4v) is 4.76. The molecule has 1 aliphatic rings. The van der Waals surface area contributed by atoms with Crippen LogP contribution in [-0.2, 0) is 21.2 Å². The molecule has 30 heavy (non-hydrogen) atoms. The molecule has 0 aliphatic heterocycles. The molecule has 0 radical (unpaired) electrons. The third kappa shape index (κ3) is 4.26. The van der Waals surface area contributed by atoms with Crippen molar-refractivity contribution >= 4 is 26.6 Å². The summed E-state index contributed by atoms with van der Waals surface area (Å²) in [4.78, 5) is 16.7. The highest BCUT2D eigenvalue weighted by molar-refractivity contribution is 7.89. The van der Waals surface area contributed by atoms with E-state index in [-0.39, 0.29) is 42.0 Å². The number of nitrogens with zero attached hydrogens (tertiary/aromatic N) is 1. The molecule has 0 amide bonds. The van der Waals surface area contributed by atoms with Crippen molar-refractivity contribution in [3.8, 4) is 0 Å². The van der Waals surface area contributed by atoms with E-state index >= 15 is 0 Å². The number of fused-ring (bicyclic) bond motifs is 1.